The van der Waals surface area contributed by atoms with E-state index >= 15 is 0 Å². The third-order valence-corrected chi connectivity index (χ3v) is 7.82. The monoisotopic (exact) mass is 758 g/mol. The Morgan fingerprint density at radius 1 is 0.556 bits per heavy atom. The fraction of sp³-hybridized carbons (Fsp3) is 0.564. The zero-order chi connectivity index (χ0) is 39.1. The minimum absolute atomic E-state index is 0.0239. The molecule has 15 heteroatoms. The molecule has 5 amide bonds. The third kappa shape index (κ3) is 23.4. The smallest absolute Gasteiger partial charge is 0.249 e. The number of carbonyl (C=O) groups excluding carboxylic acids is 5. The molecular formula is C39H58N4O11. The quantitative estimate of drug-likeness (QED) is 0.0943. The Kier molecular flexibility index (Phi) is 25.6. The third-order valence-electron chi connectivity index (χ3n) is 7.82. The number of methoxy groups -OCH3 is 2. The van der Waals surface area contributed by atoms with Crippen LogP contribution in [0.5, 0.6) is 0 Å². The van der Waals surface area contributed by atoms with Crippen LogP contribution in [0.25, 0.3) is 0 Å². The van der Waals surface area contributed by atoms with E-state index in [1.165, 1.54) is 16.0 Å². The maximum atomic E-state index is 12.9. The van der Waals surface area contributed by atoms with E-state index in [4.69, 9.17) is 28.4 Å². The van der Waals surface area contributed by atoms with Gasteiger partial charge in [0.25, 0.3) is 0 Å². The summed E-state index contributed by atoms with van der Waals surface area (Å²) in [6.07, 6.45) is 4.08. The number of hydrogen-bond acceptors (Lipinski definition) is 11. The Morgan fingerprint density at radius 2 is 1.09 bits per heavy atom. The SMILES string of the molecule is COCCOCCOCC(=O)NCCN(CC(=O)NCCC(=O)NC(=O)Cc1ccc(CCCCc2ccccc2)cc1)C(=O)COCCOCCOC. The van der Waals surface area contributed by atoms with E-state index in [0.29, 0.717) is 33.0 Å². The Balaban J connectivity index is 1.70. The lowest BCUT2D eigenvalue weighted by atomic mass is 10.0. The van der Waals surface area contributed by atoms with Crippen LogP contribution in [0.2, 0.25) is 0 Å². The van der Waals surface area contributed by atoms with Crippen LogP contribution in [0.3, 0.4) is 0 Å². The van der Waals surface area contributed by atoms with Gasteiger partial charge in [0, 0.05) is 40.3 Å². The number of rotatable bonds is 31. The molecule has 2 aromatic carbocycles. The lowest BCUT2D eigenvalue weighted by molar-refractivity contribution is -0.140. The number of ether oxygens (including phenoxy) is 6. The summed E-state index contributed by atoms with van der Waals surface area (Å²) >= 11 is 0. The Hall–Kier alpha value is -4.25. The number of imide groups is 1. The summed E-state index contributed by atoms with van der Waals surface area (Å²) in [5, 5.41) is 7.61. The summed E-state index contributed by atoms with van der Waals surface area (Å²) in [6.45, 7) is 1.89. The van der Waals surface area contributed by atoms with Crippen molar-refractivity contribution in [2.24, 2.45) is 0 Å². The molecule has 54 heavy (non-hydrogen) atoms. The number of nitrogens with one attached hydrogen (secondary N) is 3. The van der Waals surface area contributed by atoms with Crippen LogP contribution >= 0.6 is 0 Å². The molecule has 0 bridgehead atoms. The van der Waals surface area contributed by atoms with Gasteiger partial charge < -0.3 is 44.0 Å². The van der Waals surface area contributed by atoms with Crippen molar-refractivity contribution < 1.29 is 52.4 Å². The topological polar surface area (TPSA) is 180 Å². The lowest BCUT2D eigenvalue weighted by Crippen LogP contribution is -2.46. The van der Waals surface area contributed by atoms with Crippen LogP contribution in [0.1, 0.15) is 36.0 Å². The van der Waals surface area contributed by atoms with E-state index in [0.717, 1.165) is 31.2 Å². The summed E-state index contributed by atoms with van der Waals surface area (Å²) < 4.78 is 31.1. The molecule has 2 rings (SSSR count). The predicted octanol–water partition coefficient (Wildman–Crippen LogP) is 1.25. The fourth-order valence-electron chi connectivity index (χ4n) is 4.93. The highest BCUT2D eigenvalue weighted by Gasteiger charge is 2.18. The molecule has 0 saturated carbocycles. The molecule has 0 radical (unpaired) electrons. The highest BCUT2D eigenvalue weighted by atomic mass is 16.5. The molecule has 0 aliphatic heterocycles. The first-order valence-corrected chi connectivity index (χ1v) is 18.3. The minimum Gasteiger partial charge on any atom is -0.382 e. The van der Waals surface area contributed by atoms with Crippen molar-refractivity contribution in [1.29, 1.82) is 0 Å². The van der Waals surface area contributed by atoms with Crippen LogP contribution < -0.4 is 16.0 Å². The molecule has 3 N–H and O–H groups in total. The van der Waals surface area contributed by atoms with Gasteiger partial charge in [-0.2, -0.15) is 0 Å². The number of aryl methyl sites for hydroxylation is 2. The van der Waals surface area contributed by atoms with Crippen LogP contribution in [0, 0.1) is 0 Å². The van der Waals surface area contributed by atoms with E-state index in [2.05, 4.69) is 40.2 Å². The van der Waals surface area contributed by atoms with Crippen molar-refractivity contribution >= 4 is 29.5 Å². The molecule has 2 aromatic rings. The molecule has 0 spiro atoms. The van der Waals surface area contributed by atoms with Crippen LogP contribution in [-0.2, 0) is 71.7 Å². The van der Waals surface area contributed by atoms with Gasteiger partial charge in [-0.05, 0) is 42.4 Å². The van der Waals surface area contributed by atoms with Crippen molar-refractivity contribution in [3.63, 3.8) is 0 Å². The largest absolute Gasteiger partial charge is 0.382 e. The number of amides is 5. The average Bonchev–Trinajstić information content (AvgIpc) is 3.16. The zero-order valence-electron chi connectivity index (χ0n) is 31.8. The molecule has 0 aromatic heterocycles. The van der Waals surface area contributed by atoms with Gasteiger partial charge in [-0.25, -0.2) is 0 Å². The molecule has 0 aliphatic rings. The van der Waals surface area contributed by atoms with Crippen molar-refractivity contribution in [2.45, 2.75) is 38.5 Å². The number of hydrogen-bond donors (Lipinski definition) is 3. The molecule has 0 aliphatic carbocycles. The van der Waals surface area contributed by atoms with Crippen LogP contribution in [0.4, 0.5) is 0 Å². The van der Waals surface area contributed by atoms with Gasteiger partial charge >= 0.3 is 0 Å². The minimum atomic E-state index is -0.532. The summed E-state index contributed by atoms with van der Waals surface area (Å²) in [6, 6.07) is 18.2. The van der Waals surface area contributed by atoms with Crippen molar-refractivity contribution in [2.75, 3.05) is 106 Å². The van der Waals surface area contributed by atoms with E-state index in [9.17, 15) is 24.0 Å². The molecule has 0 heterocycles. The zero-order valence-corrected chi connectivity index (χ0v) is 31.8. The Morgan fingerprint density at radius 3 is 1.72 bits per heavy atom. The molecule has 0 saturated heterocycles. The van der Waals surface area contributed by atoms with Crippen LogP contribution in [0.15, 0.2) is 54.6 Å². The number of benzene rings is 2. The summed E-state index contributed by atoms with van der Waals surface area (Å²) in [4.78, 5) is 63.9. The second-order valence-electron chi connectivity index (χ2n) is 12.2. The molecule has 0 fully saturated rings. The molecule has 0 unspecified atom stereocenters. The van der Waals surface area contributed by atoms with E-state index in [1.807, 2.05) is 30.3 Å². The lowest BCUT2D eigenvalue weighted by Gasteiger charge is -2.22. The second-order valence-corrected chi connectivity index (χ2v) is 12.2. The van der Waals surface area contributed by atoms with Gasteiger partial charge in [0.1, 0.15) is 13.2 Å². The van der Waals surface area contributed by atoms with Crippen molar-refractivity contribution in [1.82, 2.24) is 20.9 Å². The van der Waals surface area contributed by atoms with E-state index in [-0.39, 0.29) is 72.1 Å². The number of carbonyl (C=O) groups is 5. The molecule has 0 atom stereocenters. The molecule has 300 valence electrons. The van der Waals surface area contributed by atoms with Crippen molar-refractivity contribution in [3.05, 3.63) is 71.3 Å². The average molecular weight is 759 g/mol. The first-order chi connectivity index (χ1) is 26.3. The number of unbranched alkanes of at least 4 members (excludes halogenated alkanes) is 1. The maximum absolute atomic E-state index is 12.9. The summed E-state index contributed by atoms with van der Waals surface area (Å²) in [5.41, 5.74) is 3.32. The number of nitrogens with zero attached hydrogens (tertiary/aromatic N) is 1. The summed E-state index contributed by atoms with van der Waals surface area (Å²) in [5.74, 6) is -2.36. The van der Waals surface area contributed by atoms with Gasteiger partial charge in [0.05, 0.1) is 65.8 Å². The molecular weight excluding hydrogens is 700 g/mol. The van der Waals surface area contributed by atoms with E-state index in [1.54, 1.807) is 14.2 Å². The predicted molar refractivity (Wildman–Crippen MR) is 201 cm³/mol. The van der Waals surface area contributed by atoms with Gasteiger partial charge in [0.15, 0.2) is 0 Å². The van der Waals surface area contributed by atoms with Gasteiger partial charge in [-0.1, -0.05) is 54.6 Å². The van der Waals surface area contributed by atoms with E-state index < -0.39 is 29.5 Å². The molecule has 15 nitrogen and oxygen atoms in total. The van der Waals surface area contributed by atoms with Gasteiger partial charge in [-0.15, -0.1) is 0 Å². The highest BCUT2D eigenvalue weighted by molar-refractivity contribution is 5.96. The fourth-order valence-corrected chi connectivity index (χ4v) is 4.93. The highest BCUT2D eigenvalue weighted by Crippen LogP contribution is 2.11. The van der Waals surface area contributed by atoms with Gasteiger partial charge in [0.2, 0.25) is 29.5 Å². The maximum Gasteiger partial charge on any atom is 0.249 e. The second kappa shape index (κ2) is 30.1. The first-order valence-electron chi connectivity index (χ1n) is 18.3. The summed E-state index contributed by atoms with van der Waals surface area (Å²) in [7, 11) is 3.13. The Bertz CT molecular complexity index is 1350. The van der Waals surface area contributed by atoms with Crippen molar-refractivity contribution in [3.8, 4) is 0 Å². The standard InChI is InChI=1S/C39H58N4O11/c1-49-20-22-51-24-26-53-30-38(47)41-18-19-43(39(48)31-54-27-25-52-23-21-50-2)29-37(46)40-17-16-35(44)42-36(45)28-34-14-12-33(13-15-34)11-7-6-10-32-8-4-3-5-9-32/h3-5,8-9,12-15H,6-7,10-11,16-31H2,1-2H3,(H,40,46)(H,41,47)(H,42,44,45). The van der Waals surface area contributed by atoms with Gasteiger partial charge in [-0.3, -0.25) is 29.3 Å². The first kappa shape index (κ1) is 45.9. The Labute approximate surface area is 318 Å². The van der Waals surface area contributed by atoms with Crippen LogP contribution in [-0.4, -0.2) is 141 Å². The normalized spacial score (nSPS) is 10.9.